The molecule has 0 aliphatic carbocycles. The van der Waals surface area contributed by atoms with Crippen LogP contribution in [0.4, 0.5) is 0 Å². The molecule has 2 aromatic heterocycles. The molecule has 28 heavy (non-hydrogen) atoms. The quantitative estimate of drug-likeness (QED) is 0.533. The van der Waals surface area contributed by atoms with Gasteiger partial charge >= 0.3 is 0 Å². The zero-order chi connectivity index (χ0) is 20.1. The van der Waals surface area contributed by atoms with Crippen molar-refractivity contribution in [2.45, 2.75) is 24.8 Å². The summed E-state index contributed by atoms with van der Waals surface area (Å²) in [5.74, 6) is 1.55. The summed E-state index contributed by atoms with van der Waals surface area (Å²) in [5, 5.41) is 10.1. The first-order valence-electron chi connectivity index (χ1n) is 8.76. The van der Waals surface area contributed by atoms with Gasteiger partial charge in [0.05, 0.1) is 23.0 Å². The van der Waals surface area contributed by atoms with Gasteiger partial charge in [0.15, 0.2) is 0 Å². The molecular formula is C19H22N4O4S. The summed E-state index contributed by atoms with van der Waals surface area (Å²) in [6, 6.07) is 9.95. The Hall–Kier alpha value is -2.75. The Balaban J connectivity index is 1.84. The van der Waals surface area contributed by atoms with Crippen LogP contribution in [0.25, 0.3) is 10.9 Å². The Kier molecular flexibility index (Phi) is 6.08. The smallest absolute Gasteiger partial charge is 0.240 e. The van der Waals surface area contributed by atoms with Crippen molar-refractivity contribution in [3.63, 3.8) is 0 Å². The van der Waals surface area contributed by atoms with E-state index in [9.17, 15) is 9.32 Å². The molecule has 8 nitrogen and oxygen atoms in total. The molecule has 0 saturated carbocycles. The normalized spacial score (nSPS) is 14.4. The Morgan fingerprint density at radius 2 is 1.89 bits per heavy atom. The van der Waals surface area contributed by atoms with Crippen molar-refractivity contribution in [2.24, 2.45) is 0 Å². The third-order valence-corrected chi connectivity index (χ3v) is 5.34. The van der Waals surface area contributed by atoms with Gasteiger partial charge < -0.3 is 14.6 Å². The van der Waals surface area contributed by atoms with Gasteiger partial charge in [-0.25, -0.2) is 18.7 Å². The summed E-state index contributed by atoms with van der Waals surface area (Å²) in [7, 11) is -3.19. The number of rotatable bonds is 8. The number of hydrogen-bond acceptors (Lipinski definition) is 7. The molecule has 0 spiro atoms. The number of aromatic nitrogens is 2. The fourth-order valence-electron chi connectivity index (χ4n) is 2.51. The number of nitrogens with one attached hydrogen (secondary N) is 2. The van der Waals surface area contributed by atoms with Crippen molar-refractivity contribution in [1.82, 2.24) is 14.7 Å². The highest BCUT2D eigenvalue weighted by atomic mass is 32.2. The monoisotopic (exact) mass is 402 g/mol. The molecule has 1 unspecified atom stereocenters. The van der Waals surface area contributed by atoms with Crippen LogP contribution in [0.3, 0.4) is 0 Å². The molecule has 0 amide bonds. The van der Waals surface area contributed by atoms with E-state index in [1.807, 2.05) is 6.92 Å². The van der Waals surface area contributed by atoms with Crippen molar-refractivity contribution in [2.75, 3.05) is 13.2 Å². The third kappa shape index (κ3) is 4.56. The number of ether oxygens (including phenoxy) is 2. The average Bonchev–Trinajstić information content (AvgIpc) is 2.68. The Morgan fingerprint density at radius 3 is 2.57 bits per heavy atom. The van der Waals surface area contributed by atoms with E-state index in [1.165, 1.54) is 0 Å². The number of hydrogen-bond donors (Lipinski definition) is 3. The van der Waals surface area contributed by atoms with Crippen LogP contribution in [-0.4, -0.2) is 38.5 Å². The van der Waals surface area contributed by atoms with Gasteiger partial charge in [0.25, 0.3) is 0 Å². The largest absolute Gasteiger partial charge is 0.476 e. The van der Waals surface area contributed by atoms with E-state index < -0.39 is 16.0 Å². The minimum atomic E-state index is -3.19. The Morgan fingerprint density at radius 1 is 1.18 bits per heavy atom. The molecule has 3 aromatic rings. The summed E-state index contributed by atoms with van der Waals surface area (Å²) in [4.78, 5) is 8.83. The van der Waals surface area contributed by atoms with Gasteiger partial charge in [-0.1, -0.05) is 0 Å². The first kappa shape index (κ1) is 20.0. The summed E-state index contributed by atoms with van der Waals surface area (Å²) < 4.78 is 34.4. The topological polar surface area (TPSA) is 117 Å². The van der Waals surface area contributed by atoms with E-state index in [0.717, 1.165) is 5.39 Å². The van der Waals surface area contributed by atoms with Crippen LogP contribution in [0, 0.1) is 4.78 Å². The van der Waals surface area contributed by atoms with Crippen LogP contribution in [0.5, 0.6) is 17.4 Å². The molecule has 0 aliphatic heterocycles. The predicted octanol–water partition coefficient (Wildman–Crippen LogP) is 3.11. The SMILES string of the molecule is CCOc1nccc2c(Oc3ccc(S(=N)(=O)NC[C@@H](C)O)cc3)ccnc12. The van der Waals surface area contributed by atoms with E-state index in [4.69, 9.17) is 14.3 Å². The van der Waals surface area contributed by atoms with E-state index >= 15 is 0 Å². The van der Waals surface area contributed by atoms with Crippen LogP contribution >= 0.6 is 0 Å². The zero-order valence-corrected chi connectivity index (χ0v) is 16.4. The molecule has 3 rings (SSSR count). The van der Waals surface area contributed by atoms with Gasteiger partial charge in [0, 0.05) is 18.9 Å². The van der Waals surface area contributed by atoms with Gasteiger partial charge in [-0.2, -0.15) is 0 Å². The summed E-state index contributed by atoms with van der Waals surface area (Å²) in [5.41, 5.74) is 0.606. The van der Waals surface area contributed by atoms with E-state index in [-0.39, 0.29) is 6.54 Å². The molecule has 2 atom stereocenters. The molecule has 2 heterocycles. The fourth-order valence-corrected chi connectivity index (χ4v) is 3.67. The second-order valence-corrected chi connectivity index (χ2v) is 7.95. The lowest BCUT2D eigenvalue weighted by Gasteiger charge is -2.13. The van der Waals surface area contributed by atoms with Crippen molar-refractivity contribution in [3.05, 3.63) is 48.8 Å². The zero-order valence-electron chi connectivity index (χ0n) is 15.6. The van der Waals surface area contributed by atoms with E-state index in [1.54, 1.807) is 55.7 Å². The van der Waals surface area contributed by atoms with Crippen molar-refractivity contribution in [1.29, 1.82) is 4.78 Å². The molecule has 0 aliphatic rings. The van der Waals surface area contributed by atoms with Crippen molar-refractivity contribution < 1.29 is 18.8 Å². The highest BCUT2D eigenvalue weighted by molar-refractivity contribution is 7.90. The highest BCUT2D eigenvalue weighted by Gasteiger charge is 2.13. The second kappa shape index (κ2) is 8.51. The molecule has 0 fully saturated rings. The lowest BCUT2D eigenvalue weighted by atomic mass is 10.2. The number of aliphatic hydroxyl groups excluding tert-OH is 1. The number of pyridine rings is 2. The van der Waals surface area contributed by atoms with Gasteiger partial charge in [-0.15, -0.1) is 0 Å². The van der Waals surface area contributed by atoms with E-state index in [0.29, 0.717) is 34.4 Å². The molecule has 1 aromatic carbocycles. The lowest BCUT2D eigenvalue weighted by Crippen LogP contribution is -2.29. The highest BCUT2D eigenvalue weighted by Crippen LogP contribution is 2.32. The van der Waals surface area contributed by atoms with Crippen LogP contribution < -0.4 is 14.2 Å². The molecular weight excluding hydrogens is 380 g/mol. The molecule has 0 bridgehead atoms. The lowest BCUT2D eigenvalue weighted by molar-refractivity contribution is 0.199. The molecule has 9 heteroatoms. The van der Waals surface area contributed by atoms with Crippen LogP contribution in [-0.2, 0) is 9.92 Å². The summed E-state index contributed by atoms with van der Waals surface area (Å²) >= 11 is 0. The van der Waals surface area contributed by atoms with Crippen LogP contribution in [0.15, 0.2) is 53.7 Å². The Labute approximate surface area is 163 Å². The van der Waals surface area contributed by atoms with Crippen molar-refractivity contribution >= 4 is 20.8 Å². The third-order valence-electron chi connectivity index (χ3n) is 3.83. The minimum absolute atomic E-state index is 0.0692. The number of benzene rings is 1. The molecule has 0 radical (unpaired) electrons. The van der Waals surface area contributed by atoms with Crippen molar-refractivity contribution in [3.8, 4) is 17.4 Å². The average molecular weight is 402 g/mol. The van der Waals surface area contributed by atoms with Crippen LogP contribution in [0.2, 0.25) is 0 Å². The molecule has 3 N–H and O–H groups in total. The van der Waals surface area contributed by atoms with Gasteiger partial charge in [0.2, 0.25) is 5.88 Å². The fraction of sp³-hybridized carbons (Fsp3) is 0.263. The maximum absolute atomic E-state index is 12.4. The predicted molar refractivity (Wildman–Crippen MR) is 106 cm³/mol. The van der Waals surface area contributed by atoms with Gasteiger partial charge in [-0.05, 0) is 50.2 Å². The van der Waals surface area contributed by atoms with Crippen LogP contribution in [0.1, 0.15) is 13.8 Å². The summed E-state index contributed by atoms with van der Waals surface area (Å²) in [6.45, 7) is 3.99. The Bertz CT molecular complexity index is 1050. The standard InChI is InChI=1S/C19H22N4O4S/c1-3-26-19-18-16(8-10-22-19)17(9-11-21-18)27-14-4-6-15(7-5-14)28(20,25)23-12-13(2)24/h4-11,13,24H,3,12H2,1-2H3,(H2,20,23,25)/t13-,28?/m1/s1. The van der Waals surface area contributed by atoms with E-state index in [2.05, 4.69) is 14.7 Å². The maximum atomic E-state index is 12.4. The van der Waals surface area contributed by atoms with Gasteiger partial charge in [0.1, 0.15) is 26.9 Å². The molecule has 148 valence electrons. The number of nitrogens with zero attached hydrogens (tertiary/aromatic N) is 2. The summed E-state index contributed by atoms with van der Waals surface area (Å²) in [6.07, 6.45) is 2.56. The number of fused-ring (bicyclic) bond motifs is 1. The van der Waals surface area contributed by atoms with Gasteiger partial charge in [-0.3, -0.25) is 4.98 Å². The maximum Gasteiger partial charge on any atom is 0.240 e. The number of aliphatic hydroxyl groups is 1. The minimum Gasteiger partial charge on any atom is -0.476 e. The first-order valence-corrected chi connectivity index (χ1v) is 10.3. The first-order chi connectivity index (χ1) is 13.4. The second-order valence-electron chi connectivity index (χ2n) is 6.08. The molecule has 0 saturated heterocycles.